The van der Waals surface area contributed by atoms with Gasteiger partial charge in [-0.25, -0.2) is 8.78 Å². The van der Waals surface area contributed by atoms with E-state index in [1.165, 1.54) is 12.3 Å². The third-order valence-corrected chi connectivity index (χ3v) is 4.24. The van der Waals surface area contributed by atoms with Crippen LogP contribution in [0.1, 0.15) is 24.4 Å². The summed E-state index contributed by atoms with van der Waals surface area (Å²) in [6, 6.07) is 5.96. The van der Waals surface area contributed by atoms with Gasteiger partial charge in [-0.05, 0) is 37.0 Å². The van der Waals surface area contributed by atoms with E-state index in [9.17, 15) is 18.7 Å². The summed E-state index contributed by atoms with van der Waals surface area (Å²) in [6.07, 6.45) is 3.50. The highest BCUT2D eigenvalue weighted by Gasteiger charge is 2.36. The van der Waals surface area contributed by atoms with Crippen molar-refractivity contribution in [3.05, 3.63) is 59.9 Å². The highest BCUT2D eigenvalue weighted by atomic mass is 19.1. The molecule has 1 amide bonds. The van der Waals surface area contributed by atoms with Crippen LogP contribution < -0.4 is 10.1 Å². The fraction of sp³-hybridized carbons (Fsp3) is 0.333. The first-order valence-corrected chi connectivity index (χ1v) is 7.98. The molecule has 0 aliphatic heterocycles. The summed E-state index contributed by atoms with van der Waals surface area (Å²) in [5, 5.41) is 12.2. The maximum Gasteiger partial charge on any atom is 0.258 e. The highest BCUT2D eigenvalue weighted by Crippen LogP contribution is 2.38. The van der Waals surface area contributed by atoms with Gasteiger partial charge in [0.25, 0.3) is 5.91 Å². The van der Waals surface area contributed by atoms with Gasteiger partial charge in [-0.1, -0.05) is 6.07 Å². The summed E-state index contributed by atoms with van der Waals surface area (Å²) in [5.74, 6) is -1.50. The van der Waals surface area contributed by atoms with Crippen molar-refractivity contribution in [1.29, 1.82) is 0 Å². The van der Waals surface area contributed by atoms with Crippen molar-refractivity contribution < 1.29 is 23.4 Å². The SMILES string of the molecule is O=C(COc1cccnc1)N[C@@H](c1ccc(F)cc1F)C1CC(O)C1. The van der Waals surface area contributed by atoms with E-state index in [0.29, 0.717) is 18.6 Å². The molecule has 0 radical (unpaired) electrons. The Hall–Kier alpha value is -2.54. The van der Waals surface area contributed by atoms with Gasteiger partial charge in [-0.15, -0.1) is 0 Å². The maximum atomic E-state index is 14.1. The lowest BCUT2D eigenvalue weighted by Crippen LogP contribution is -2.43. The zero-order valence-electron chi connectivity index (χ0n) is 13.4. The molecule has 5 nitrogen and oxygen atoms in total. The minimum atomic E-state index is -0.722. The van der Waals surface area contributed by atoms with Gasteiger partial charge < -0.3 is 15.2 Å². The van der Waals surface area contributed by atoms with Crippen LogP contribution in [0.3, 0.4) is 0 Å². The maximum absolute atomic E-state index is 14.1. The number of carbonyl (C=O) groups excluding carboxylic acids is 1. The molecule has 1 aliphatic rings. The van der Waals surface area contributed by atoms with E-state index in [0.717, 1.165) is 12.1 Å². The van der Waals surface area contributed by atoms with E-state index < -0.39 is 29.7 Å². The Morgan fingerprint density at radius 2 is 2.16 bits per heavy atom. The minimum Gasteiger partial charge on any atom is -0.482 e. The van der Waals surface area contributed by atoms with Gasteiger partial charge in [0.05, 0.1) is 18.3 Å². The number of carbonyl (C=O) groups is 1. The molecule has 0 unspecified atom stereocenters. The third-order valence-electron chi connectivity index (χ3n) is 4.24. The number of hydrogen-bond donors (Lipinski definition) is 2. The van der Waals surface area contributed by atoms with Gasteiger partial charge in [0.2, 0.25) is 0 Å². The number of aromatic nitrogens is 1. The summed E-state index contributed by atoms with van der Waals surface area (Å²) in [5.41, 5.74) is 0.202. The quantitative estimate of drug-likeness (QED) is 0.841. The van der Waals surface area contributed by atoms with Crippen molar-refractivity contribution in [2.24, 2.45) is 5.92 Å². The molecular weight excluding hydrogens is 330 g/mol. The number of nitrogens with zero attached hydrogens (tertiary/aromatic N) is 1. The molecule has 7 heteroatoms. The zero-order chi connectivity index (χ0) is 17.8. The van der Waals surface area contributed by atoms with E-state index >= 15 is 0 Å². The second kappa shape index (κ2) is 7.57. The van der Waals surface area contributed by atoms with Crippen LogP contribution in [0.25, 0.3) is 0 Å². The van der Waals surface area contributed by atoms with Gasteiger partial charge in [0.1, 0.15) is 17.4 Å². The molecule has 132 valence electrons. The minimum absolute atomic E-state index is 0.114. The van der Waals surface area contributed by atoms with E-state index in [1.807, 2.05) is 0 Å². The summed E-state index contributed by atoms with van der Waals surface area (Å²) in [6.45, 7) is -0.250. The Bertz CT molecular complexity index is 736. The van der Waals surface area contributed by atoms with Crippen molar-refractivity contribution >= 4 is 5.91 Å². The third kappa shape index (κ3) is 4.30. The normalized spacial score (nSPS) is 20.4. The first-order valence-electron chi connectivity index (χ1n) is 7.98. The molecule has 25 heavy (non-hydrogen) atoms. The van der Waals surface area contributed by atoms with Crippen molar-refractivity contribution in [3.8, 4) is 5.75 Å². The fourth-order valence-corrected chi connectivity index (χ4v) is 2.90. The second-order valence-corrected chi connectivity index (χ2v) is 6.07. The van der Waals surface area contributed by atoms with Crippen LogP contribution in [0, 0.1) is 17.6 Å². The van der Waals surface area contributed by atoms with Gasteiger partial charge in [-0.3, -0.25) is 9.78 Å². The number of amides is 1. The average Bonchev–Trinajstić information content (AvgIpc) is 2.57. The Morgan fingerprint density at radius 3 is 2.80 bits per heavy atom. The molecule has 3 rings (SSSR count). The van der Waals surface area contributed by atoms with Gasteiger partial charge >= 0.3 is 0 Å². The monoisotopic (exact) mass is 348 g/mol. The van der Waals surface area contributed by atoms with E-state index in [4.69, 9.17) is 4.74 Å². The van der Waals surface area contributed by atoms with Crippen LogP contribution in [0.2, 0.25) is 0 Å². The number of pyridine rings is 1. The van der Waals surface area contributed by atoms with Crippen LogP contribution in [-0.2, 0) is 4.79 Å². The lowest BCUT2D eigenvalue weighted by molar-refractivity contribution is -0.125. The van der Waals surface area contributed by atoms with Crippen LogP contribution in [0.5, 0.6) is 5.75 Å². The number of hydrogen-bond acceptors (Lipinski definition) is 4. The number of benzene rings is 1. The topological polar surface area (TPSA) is 71.5 Å². The van der Waals surface area contributed by atoms with Crippen LogP contribution in [-0.4, -0.2) is 28.7 Å². The van der Waals surface area contributed by atoms with E-state index in [1.54, 1.807) is 18.3 Å². The molecule has 0 saturated heterocycles. The Balaban J connectivity index is 1.68. The predicted molar refractivity (Wildman–Crippen MR) is 85.7 cm³/mol. The van der Waals surface area contributed by atoms with Crippen molar-refractivity contribution in [2.75, 3.05) is 6.61 Å². The van der Waals surface area contributed by atoms with Crippen molar-refractivity contribution in [1.82, 2.24) is 10.3 Å². The number of aliphatic hydroxyl groups excluding tert-OH is 1. The summed E-state index contributed by atoms with van der Waals surface area (Å²) < 4.78 is 32.6. The van der Waals surface area contributed by atoms with E-state index in [-0.39, 0.29) is 18.1 Å². The Morgan fingerprint density at radius 1 is 1.36 bits per heavy atom. The van der Waals surface area contributed by atoms with Gasteiger partial charge in [0.15, 0.2) is 6.61 Å². The molecule has 0 spiro atoms. The number of rotatable bonds is 6. The molecular formula is C18H18F2N2O3. The molecule has 0 bridgehead atoms. The van der Waals surface area contributed by atoms with Crippen LogP contribution in [0.15, 0.2) is 42.7 Å². The number of nitrogens with one attached hydrogen (secondary N) is 1. The van der Waals surface area contributed by atoms with Gasteiger partial charge in [-0.2, -0.15) is 0 Å². The molecule has 1 saturated carbocycles. The lowest BCUT2D eigenvalue weighted by Gasteiger charge is -2.38. The van der Waals surface area contributed by atoms with Crippen LogP contribution in [0.4, 0.5) is 8.78 Å². The molecule has 2 N–H and O–H groups in total. The van der Waals surface area contributed by atoms with Gasteiger partial charge in [0, 0.05) is 17.8 Å². The average molecular weight is 348 g/mol. The summed E-state index contributed by atoms with van der Waals surface area (Å²) in [4.78, 5) is 16.1. The predicted octanol–water partition coefficient (Wildman–Crippen LogP) is 2.37. The zero-order valence-corrected chi connectivity index (χ0v) is 13.4. The molecule has 1 heterocycles. The number of aliphatic hydroxyl groups is 1. The first-order chi connectivity index (χ1) is 12.0. The number of ether oxygens (including phenoxy) is 1. The number of halogens is 2. The van der Waals surface area contributed by atoms with Crippen LogP contribution >= 0.6 is 0 Å². The lowest BCUT2D eigenvalue weighted by atomic mass is 9.75. The largest absolute Gasteiger partial charge is 0.482 e. The van der Waals surface area contributed by atoms with Crippen molar-refractivity contribution in [2.45, 2.75) is 25.0 Å². The van der Waals surface area contributed by atoms with E-state index in [2.05, 4.69) is 10.3 Å². The Kier molecular flexibility index (Phi) is 5.23. The van der Waals surface area contributed by atoms with Crippen molar-refractivity contribution in [3.63, 3.8) is 0 Å². The molecule has 1 aliphatic carbocycles. The molecule has 1 aromatic carbocycles. The summed E-state index contributed by atoms with van der Waals surface area (Å²) in [7, 11) is 0. The molecule has 1 aromatic heterocycles. The molecule has 2 aromatic rings. The fourth-order valence-electron chi connectivity index (χ4n) is 2.90. The highest BCUT2D eigenvalue weighted by molar-refractivity contribution is 5.78. The second-order valence-electron chi connectivity index (χ2n) is 6.07. The molecule has 1 fully saturated rings. The molecule has 1 atom stereocenters. The summed E-state index contributed by atoms with van der Waals surface area (Å²) >= 11 is 0. The standard InChI is InChI=1S/C18H18F2N2O3/c19-12-3-4-15(16(20)8-12)18(11-6-13(23)7-11)22-17(24)10-25-14-2-1-5-21-9-14/h1-5,8-9,11,13,18,23H,6-7,10H2,(H,22,24)/t11?,13?,18-/m1/s1. The Labute approximate surface area is 143 Å². The first kappa shape index (κ1) is 17.3. The smallest absolute Gasteiger partial charge is 0.258 e.